The number of hydrogen-bond donors (Lipinski definition) is 2. The summed E-state index contributed by atoms with van der Waals surface area (Å²) in [4.78, 5) is 48.3. The van der Waals surface area contributed by atoms with Crippen molar-refractivity contribution in [1.29, 1.82) is 0 Å². The zero-order chi connectivity index (χ0) is 22.2. The molecule has 0 radical (unpaired) electrons. The van der Waals surface area contributed by atoms with Crippen LogP contribution in [0.4, 0.5) is 16.2 Å². The van der Waals surface area contributed by atoms with Crippen LogP contribution in [0.25, 0.3) is 6.08 Å². The van der Waals surface area contributed by atoms with Crippen molar-refractivity contribution in [1.82, 2.24) is 5.32 Å². The first-order chi connectivity index (χ1) is 14.1. The smallest absolute Gasteiger partial charge is 0.335 e. The molecule has 1 saturated heterocycles. The van der Waals surface area contributed by atoms with Crippen LogP contribution < -0.4 is 15.0 Å². The van der Waals surface area contributed by atoms with Crippen LogP contribution in [-0.4, -0.2) is 35.0 Å². The molecule has 2 N–H and O–H groups in total. The minimum absolute atomic E-state index is 0.0123. The Kier molecular flexibility index (Phi) is 5.63. The number of carbonyl (C=O) groups is 3. The first kappa shape index (κ1) is 21.1. The Balaban J connectivity index is 2.10. The standard InChI is InChI=1S/C18H11Cl2N3O7/c1-30-14-6-8(5-13(15(14)24)23(28)29)4-10-16(25)21-18(27)22(17(10)26)9-2-3-11(19)12(20)7-9/h2-7,24H,1H3,(H,21,25,27)/b10-4+. The van der Waals surface area contributed by atoms with Gasteiger partial charge in [0, 0.05) is 6.07 Å². The van der Waals surface area contributed by atoms with Gasteiger partial charge in [0.2, 0.25) is 5.75 Å². The van der Waals surface area contributed by atoms with Crippen LogP contribution in [0.2, 0.25) is 10.0 Å². The van der Waals surface area contributed by atoms with Gasteiger partial charge in [-0.2, -0.15) is 0 Å². The maximum Gasteiger partial charge on any atom is 0.335 e. The van der Waals surface area contributed by atoms with E-state index in [9.17, 15) is 29.6 Å². The molecule has 0 atom stereocenters. The quantitative estimate of drug-likeness (QED) is 0.314. The molecule has 12 heteroatoms. The number of nitro benzene ring substituents is 1. The molecule has 1 aliphatic heterocycles. The number of nitro groups is 1. The molecule has 0 aromatic heterocycles. The molecule has 30 heavy (non-hydrogen) atoms. The molecule has 2 aromatic carbocycles. The lowest BCUT2D eigenvalue weighted by molar-refractivity contribution is -0.386. The number of phenols is 1. The number of urea groups is 1. The van der Waals surface area contributed by atoms with Gasteiger partial charge >= 0.3 is 11.7 Å². The summed E-state index contributed by atoms with van der Waals surface area (Å²) in [5, 5.41) is 23.3. The number of benzene rings is 2. The van der Waals surface area contributed by atoms with Crippen molar-refractivity contribution in [2.75, 3.05) is 12.0 Å². The lowest BCUT2D eigenvalue weighted by atomic mass is 10.1. The highest BCUT2D eigenvalue weighted by Gasteiger charge is 2.37. The lowest BCUT2D eigenvalue weighted by Gasteiger charge is -2.26. The molecule has 2 aromatic rings. The Morgan fingerprint density at radius 3 is 2.47 bits per heavy atom. The Morgan fingerprint density at radius 2 is 1.87 bits per heavy atom. The van der Waals surface area contributed by atoms with E-state index in [1.54, 1.807) is 0 Å². The van der Waals surface area contributed by atoms with Crippen LogP contribution in [0.1, 0.15) is 5.56 Å². The highest BCUT2D eigenvalue weighted by molar-refractivity contribution is 6.43. The van der Waals surface area contributed by atoms with Crippen molar-refractivity contribution in [3.05, 3.63) is 61.6 Å². The van der Waals surface area contributed by atoms with Gasteiger partial charge in [-0.05, 0) is 35.9 Å². The van der Waals surface area contributed by atoms with Gasteiger partial charge in [-0.1, -0.05) is 23.2 Å². The number of methoxy groups -OCH3 is 1. The van der Waals surface area contributed by atoms with E-state index in [1.807, 2.05) is 5.32 Å². The van der Waals surface area contributed by atoms with E-state index in [4.69, 9.17) is 27.9 Å². The molecule has 0 bridgehead atoms. The van der Waals surface area contributed by atoms with E-state index in [0.717, 1.165) is 12.1 Å². The summed E-state index contributed by atoms with van der Waals surface area (Å²) < 4.78 is 4.89. The molecule has 10 nitrogen and oxygen atoms in total. The van der Waals surface area contributed by atoms with Crippen molar-refractivity contribution in [2.45, 2.75) is 0 Å². The Hall–Kier alpha value is -3.63. The average Bonchev–Trinajstić information content (AvgIpc) is 2.68. The first-order valence-electron chi connectivity index (χ1n) is 8.06. The van der Waals surface area contributed by atoms with Crippen molar-refractivity contribution < 1.29 is 29.2 Å². The number of imide groups is 2. The van der Waals surface area contributed by atoms with Gasteiger partial charge in [-0.3, -0.25) is 25.0 Å². The van der Waals surface area contributed by atoms with Gasteiger partial charge in [0.1, 0.15) is 5.57 Å². The number of aromatic hydroxyl groups is 1. The summed E-state index contributed by atoms with van der Waals surface area (Å²) in [6.07, 6.45) is 1.03. The summed E-state index contributed by atoms with van der Waals surface area (Å²) in [5.74, 6) is -2.94. The van der Waals surface area contributed by atoms with Gasteiger partial charge < -0.3 is 9.84 Å². The Morgan fingerprint density at radius 1 is 1.17 bits per heavy atom. The van der Waals surface area contributed by atoms with E-state index in [-0.39, 0.29) is 27.0 Å². The number of nitrogens with zero attached hydrogens (tertiary/aromatic N) is 2. The topological polar surface area (TPSA) is 139 Å². The minimum atomic E-state index is -1.00. The molecule has 1 fully saturated rings. The second-order valence-corrected chi connectivity index (χ2v) is 6.72. The largest absolute Gasteiger partial charge is 0.500 e. The molecule has 4 amide bonds. The number of amides is 4. The lowest BCUT2D eigenvalue weighted by Crippen LogP contribution is -2.54. The highest BCUT2D eigenvalue weighted by Crippen LogP contribution is 2.38. The van der Waals surface area contributed by atoms with Crippen molar-refractivity contribution in [3.63, 3.8) is 0 Å². The van der Waals surface area contributed by atoms with Gasteiger partial charge in [0.15, 0.2) is 5.75 Å². The highest BCUT2D eigenvalue weighted by atomic mass is 35.5. The van der Waals surface area contributed by atoms with Crippen LogP contribution >= 0.6 is 23.2 Å². The summed E-state index contributed by atoms with van der Waals surface area (Å²) in [5.41, 5.74) is -1.11. The molecule has 1 aliphatic rings. The number of phenolic OH excluding ortho intramolecular Hbond substituents is 1. The predicted molar refractivity (Wildman–Crippen MR) is 107 cm³/mol. The predicted octanol–water partition coefficient (Wildman–Crippen LogP) is 3.28. The van der Waals surface area contributed by atoms with E-state index in [2.05, 4.69) is 0 Å². The fourth-order valence-electron chi connectivity index (χ4n) is 2.67. The maximum absolute atomic E-state index is 12.9. The monoisotopic (exact) mass is 451 g/mol. The summed E-state index contributed by atoms with van der Waals surface area (Å²) >= 11 is 11.8. The number of rotatable bonds is 4. The van der Waals surface area contributed by atoms with E-state index >= 15 is 0 Å². The third kappa shape index (κ3) is 3.78. The third-order valence-electron chi connectivity index (χ3n) is 4.07. The normalized spacial score (nSPS) is 15.4. The third-order valence-corrected chi connectivity index (χ3v) is 4.81. The van der Waals surface area contributed by atoms with Crippen molar-refractivity contribution in [2.24, 2.45) is 0 Å². The molecular formula is C18H11Cl2N3O7. The van der Waals surface area contributed by atoms with Gasteiger partial charge in [0.25, 0.3) is 11.8 Å². The average molecular weight is 452 g/mol. The van der Waals surface area contributed by atoms with Crippen molar-refractivity contribution >= 4 is 58.5 Å². The fraction of sp³-hybridized carbons (Fsp3) is 0.0556. The zero-order valence-electron chi connectivity index (χ0n) is 15.0. The van der Waals surface area contributed by atoms with E-state index in [0.29, 0.717) is 4.90 Å². The number of halogens is 2. The molecule has 3 rings (SSSR count). The van der Waals surface area contributed by atoms with Gasteiger partial charge in [0.05, 0.1) is 27.8 Å². The van der Waals surface area contributed by atoms with Crippen LogP contribution in [0, 0.1) is 10.1 Å². The fourth-order valence-corrected chi connectivity index (χ4v) is 2.97. The number of ether oxygens (including phenoxy) is 1. The summed E-state index contributed by atoms with van der Waals surface area (Å²) in [6, 6.07) is 5.13. The van der Waals surface area contributed by atoms with Crippen LogP contribution in [0.5, 0.6) is 11.5 Å². The maximum atomic E-state index is 12.9. The number of nitrogens with one attached hydrogen (secondary N) is 1. The molecule has 0 saturated carbocycles. The molecule has 0 aliphatic carbocycles. The Labute approximate surface area is 178 Å². The van der Waals surface area contributed by atoms with E-state index < -0.39 is 39.8 Å². The minimum Gasteiger partial charge on any atom is -0.500 e. The molecule has 1 heterocycles. The summed E-state index contributed by atoms with van der Waals surface area (Å²) in [6.45, 7) is 0. The van der Waals surface area contributed by atoms with Gasteiger partial charge in [-0.25, -0.2) is 9.69 Å². The van der Waals surface area contributed by atoms with Crippen LogP contribution in [-0.2, 0) is 9.59 Å². The zero-order valence-corrected chi connectivity index (χ0v) is 16.5. The molecule has 0 unspecified atom stereocenters. The Bertz CT molecular complexity index is 1150. The number of barbiturate groups is 1. The van der Waals surface area contributed by atoms with Gasteiger partial charge in [-0.15, -0.1) is 0 Å². The number of carbonyl (C=O) groups excluding carboxylic acids is 3. The van der Waals surface area contributed by atoms with E-state index in [1.165, 1.54) is 31.4 Å². The van der Waals surface area contributed by atoms with Crippen LogP contribution in [0.15, 0.2) is 35.9 Å². The SMILES string of the molecule is COc1cc(/C=C2\C(=O)NC(=O)N(c3ccc(Cl)c(Cl)c3)C2=O)cc([N+](=O)[O-])c1O. The summed E-state index contributed by atoms with van der Waals surface area (Å²) in [7, 11) is 1.18. The second-order valence-electron chi connectivity index (χ2n) is 5.90. The molecular weight excluding hydrogens is 441 g/mol. The molecule has 0 spiro atoms. The van der Waals surface area contributed by atoms with Crippen molar-refractivity contribution in [3.8, 4) is 11.5 Å². The van der Waals surface area contributed by atoms with Crippen LogP contribution in [0.3, 0.4) is 0 Å². The number of hydrogen-bond acceptors (Lipinski definition) is 7. The first-order valence-corrected chi connectivity index (χ1v) is 8.81. The second kappa shape index (κ2) is 8.01. The molecule has 154 valence electrons. The number of anilines is 1.